The number of halogens is 1. The molecule has 2 atom stereocenters. The number of piperidine rings is 1. The molecule has 156 valence electrons. The molecule has 1 saturated heterocycles. The molecule has 1 aliphatic rings. The van der Waals surface area contributed by atoms with Gasteiger partial charge in [0.1, 0.15) is 17.7 Å². The van der Waals surface area contributed by atoms with Crippen molar-refractivity contribution < 1.29 is 9.90 Å². The number of aliphatic hydroxyl groups excluding tert-OH is 1. The minimum absolute atomic E-state index is 0.0763. The lowest BCUT2D eigenvalue weighted by Crippen LogP contribution is -2.38. The summed E-state index contributed by atoms with van der Waals surface area (Å²) in [6, 6.07) is 10.6. The average molecular weight is 426 g/mol. The molecule has 0 radical (unpaired) electrons. The largest absolute Gasteiger partial charge is 0.385 e. The predicted octanol–water partition coefficient (Wildman–Crippen LogP) is 3.67. The highest BCUT2D eigenvalue weighted by molar-refractivity contribution is 6.30. The lowest BCUT2D eigenvalue weighted by Gasteiger charge is -2.35. The summed E-state index contributed by atoms with van der Waals surface area (Å²) >= 11 is 5.96. The Morgan fingerprint density at radius 1 is 1.30 bits per heavy atom. The molecular weight excluding hydrogens is 402 g/mol. The predicted molar refractivity (Wildman–Crippen MR) is 117 cm³/mol. The molecule has 2 aromatic heterocycles. The van der Waals surface area contributed by atoms with Gasteiger partial charge in [0.15, 0.2) is 0 Å². The number of nitrogens with zero attached hydrogens (tertiary/aromatic N) is 4. The molecule has 1 aliphatic heterocycles. The number of aliphatic hydroxyl groups is 1. The minimum atomic E-state index is -0.615. The third kappa shape index (κ3) is 4.47. The van der Waals surface area contributed by atoms with E-state index in [1.54, 1.807) is 42.7 Å². The van der Waals surface area contributed by atoms with Gasteiger partial charge in [-0.25, -0.2) is 9.97 Å². The van der Waals surface area contributed by atoms with E-state index in [9.17, 15) is 9.90 Å². The summed E-state index contributed by atoms with van der Waals surface area (Å²) < 4.78 is 1.86. The SMILES string of the molecule is Cn1ccnc1C(O)C1CCCN(c2ccc(C(=O)Nc3cccc(Cl)c3)cn2)C1. The Balaban J connectivity index is 1.42. The molecule has 0 saturated carbocycles. The number of carbonyl (C=O) groups is 1. The number of imidazole rings is 1. The number of anilines is 2. The minimum Gasteiger partial charge on any atom is -0.385 e. The lowest BCUT2D eigenvalue weighted by molar-refractivity contribution is 0.0874. The summed E-state index contributed by atoms with van der Waals surface area (Å²) in [7, 11) is 1.89. The van der Waals surface area contributed by atoms with Gasteiger partial charge in [-0.3, -0.25) is 4.79 Å². The maximum absolute atomic E-state index is 12.5. The van der Waals surface area contributed by atoms with E-state index in [2.05, 4.69) is 20.2 Å². The Morgan fingerprint density at radius 3 is 2.87 bits per heavy atom. The van der Waals surface area contributed by atoms with Crippen LogP contribution in [-0.4, -0.2) is 38.6 Å². The van der Waals surface area contributed by atoms with Crippen LogP contribution >= 0.6 is 11.6 Å². The fourth-order valence-electron chi connectivity index (χ4n) is 3.83. The van der Waals surface area contributed by atoms with E-state index in [4.69, 9.17) is 11.6 Å². The first-order valence-corrected chi connectivity index (χ1v) is 10.3. The third-order valence-electron chi connectivity index (χ3n) is 5.44. The van der Waals surface area contributed by atoms with Gasteiger partial charge in [0.25, 0.3) is 5.91 Å². The summed E-state index contributed by atoms with van der Waals surface area (Å²) in [5, 5.41) is 14.1. The molecule has 2 unspecified atom stereocenters. The van der Waals surface area contributed by atoms with Crippen LogP contribution in [0.3, 0.4) is 0 Å². The normalized spacial score (nSPS) is 17.6. The summed E-state index contributed by atoms with van der Waals surface area (Å²) in [4.78, 5) is 23.4. The molecule has 0 aliphatic carbocycles. The molecule has 1 amide bonds. The molecule has 1 fully saturated rings. The standard InChI is InChI=1S/C22H24ClN5O2/c1-27-11-9-24-21(27)20(29)16-4-3-10-28(14-16)19-8-7-15(13-25-19)22(30)26-18-6-2-5-17(23)12-18/h2,5-9,11-13,16,20,29H,3-4,10,14H2,1H3,(H,26,30). The van der Waals surface area contributed by atoms with E-state index in [1.165, 1.54) is 0 Å². The van der Waals surface area contributed by atoms with E-state index in [0.29, 0.717) is 28.6 Å². The lowest BCUT2D eigenvalue weighted by atomic mass is 9.92. The van der Waals surface area contributed by atoms with Crippen LogP contribution in [0.4, 0.5) is 11.5 Å². The molecular formula is C22H24ClN5O2. The zero-order valence-electron chi connectivity index (χ0n) is 16.7. The summed E-state index contributed by atoms with van der Waals surface area (Å²) in [5.41, 5.74) is 1.11. The van der Waals surface area contributed by atoms with Crippen LogP contribution in [0.25, 0.3) is 0 Å². The number of aryl methyl sites for hydroxylation is 1. The summed E-state index contributed by atoms with van der Waals surface area (Å²) in [6.07, 6.45) is 6.40. The Hall–Kier alpha value is -2.90. The van der Waals surface area contributed by atoms with Crippen molar-refractivity contribution in [3.8, 4) is 0 Å². The quantitative estimate of drug-likeness (QED) is 0.651. The average Bonchev–Trinajstić information content (AvgIpc) is 3.19. The van der Waals surface area contributed by atoms with E-state index in [0.717, 1.165) is 25.2 Å². The fourth-order valence-corrected chi connectivity index (χ4v) is 4.02. The molecule has 0 spiro atoms. The van der Waals surface area contributed by atoms with E-state index >= 15 is 0 Å². The second kappa shape index (κ2) is 8.85. The van der Waals surface area contributed by atoms with Crippen LogP contribution in [0, 0.1) is 5.92 Å². The van der Waals surface area contributed by atoms with E-state index in [-0.39, 0.29) is 11.8 Å². The van der Waals surface area contributed by atoms with Gasteiger partial charge < -0.3 is 19.9 Å². The number of benzene rings is 1. The van der Waals surface area contributed by atoms with Crippen molar-refractivity contribution in [1.29, 1.82) is 0 Å². The van der Waals surface area contributed by atoms with Gasteiger partial charge in [0, 0.05) is 55.4 Å². The first-order valence-electron chi connectivity index (χ1n) is 9.94. The maximum Gasteiger partial charge on any atom is 0.257 e. The second-order valence-electron chi connectivity index (χ2n) is 7.56. The van der Waals surface area contributed by atoms with Crippen molar-refractivity contribution in [3.63, 3.8) is 0 Å². The van der Waals surface area contributed by atoms with Crippen molar-refractivity contribution in [3.05, 3.63) is 71.4 Å². The number of hydrogen-bond acceptors (Lipinski definition) is 5. The topological polar surface area (TPSA) is 83.3 Å². The third-order valence-corrected chi connectivity index (χ3v) is 5.68. The highest BCUT2D eigenvalue weighted by Gasteiger charge is 2.29. The van der Waals surface area contributed by atoms with Crippen molar-refractivity contribution >= 4 is 29.0 Å². The molecule has 0 bridgehead atoms. The number of aromatic nitrogens is 3. The number of rotatable bonds is 5. The molecule has 8 heteroatoms. The fraction of sp³-hybridized carbons (Fsp3) is 0.318. The van der Waals surface area contributed by atoms with Crippen LogP contribution in [0.5, 0.6) is 0 Å². The molecule has 1 aromatic carbocycles. The van der Waals surface area contributed by atoms with Crippen molar-refractivity contribution in [2.75, 3.05) is 23.3 Å². The molecule has 7 nitrogen and oxygen atoms in total. The maximum atomic E-state index is 12.5. The van der Waals surface area contributed by atoms with E-state index in [1.807, 2.05) is 23.9 Å². The van der Waals surface area contributed by atoms with Gasteiger partial charge >= 0.3 is 0 Å². The number of amides is 1. The smallest absolute Gasteiger partial charge is 0.257 e. The van der Waals surface area contributed by atoms with Crippen LogP contribution in [0.1, 0.15) is 35.1 Å². The highest BCUT2D eigenvalue weighted by Crippen LogP contribution is 2.30. The first-order chi connectivity index (χ1) is 14.5. The Morgan fingerprint density at radius 2 is 2.17 bits per heavy atom. The monoisotopic (exact) mass is 425 g/mol. The molecule has 4 rings (SSSR count). The molecule has 30 heavy (non-hydrogen) atoms. The zero-order valence-corrected chi connectivity index (χ0v) is 17.5. The Kier molecular flexibility index (Phi) is 6.01. The van der Waals surface area contributed by atoms with Gasteiger partial charge in [-0.05, 0) is 43.2 Å². The van der Waals surface area contributed by atoms with Crippen LogP contribution < -0.4 is 10.2 Å². The number of hydrogen-bond donors (Lipinski definition) is 2. The van der Waals surface area contributed by atoms with Crippen LogP contribution in [0.15, 0.2) is 55.0 Å². The van der Waals surface area contributed by atoms with Gasteiger partial charge in [-0.2, -0.15) is 0 Å². The Bertz CT molecular complexity index is 1020. The number of carbonyl (C=O) groups excluding carboxylic acids is 1. The molecule has 2 N–H and O–H groups in total. The molecule has 3 aromatic rings. The van der Waals surface area contributed by atoms with Crippen LogP contribution in [0.2, 0.25) is 5.02 Å². The second-order valence-corrected chi connectivity index (χ2v) is 8.00. The van der Waals surface area contributed by atoms with Gasteiger partial charge in [0.2, 0.25) is 0 Å². The van der Waals surface area contributed by atoms with Crippen molar-refractivity contribution in [2.24, 2.45) is 13.0 Å². The van der Waals surface area contributed by atoms with Gasteiger partial charge in [-0.15, -0.1) is 0 Å². The summed E-state index contributed by atoms with van der Waals surface area (Å²) in [5.74, 6) is 1.32. The van der Waals surface area contributed by atoms with E-state index < -0.39 is 6.10 Å². The first kappa shape index (κ1) is 20.4. The molecule has 3 heterocycles. The summed E-state index contributed by atoms with van der Waals surface area (Å²) in [6.45, 7) is 1.56. The van der Waals surface area contributed by atoms with Crippen molar-refractivity contribution in [2.45, 2.75) is 18.9 Å². The van der Waals surface area contributed by atoms with Gasteiger partial charge in [-0.1, -0.05) is 17.7 Å². The highest BCUT2D eigenvalue weighted by atomic mass is 35.5. The number of pyridine rings is 1. The zero-order chi connectivity index (χ0) is 21.1. The Labute approximate surface area is 180 Å². The number of nitrogens with one attached hydrogen (secondary N) is 1. The van der Waals surface area contributed by atoms with Gasteiger partial charge in [0.05, 0.1) is 5.56 Å². The van der Waals surface area contributed by atoms with Crippen molar-refractivity contribution in [1.82, 2.24) is 14.5 Å². The van der Waals surface area contributed by atoms with Crippen LogP contribution in [-0.2, 0) is 7.05 Å².